The van der Waals surface area contributed by atoms with Crippen LogP contribution in [0.1, 0.15) is 32.9 Å². The third kappa shape index (κ3) is 5.11. The standard InChI is InChI=1S/C25H29N3O4/c1-18-4-8-22(9-5-18)31-17-23-19(2)32-26-24(23)25(29)28-14-12-27(13-15-28)16-20-6-10-21(30-3)11-7-20/h4-11H,12-17H2,1-3H3. The lowest BCUT2D eigenvalue weighted by molar-refractivity contribution is 0.0616. The SMILES string of the molecule is COc1ccc(CN2CCN(C(=O)c3noc(C)c3COc3ccc(C)cc3)CC2)cc1. The van der Waals surface area contributed by atoms with Gasteiger partial charge in [0.05, 0.1) is 12.7 Å². The van der Waals surface area contributed by atoms with Gasteiger partial charge in [0, 0.05) is 32.7 Å². The minimum Gasteiger partial charge on any atom is -0.497 e. The Kier molecular flexibility index (Phi) is 6.75. The average molecular weight is 436 g/mol. The van der Waals surface area contributed by atoms with Crippen molar-refractivity contribution in [2.45, 2.75) is 27.0 Å². The number of hydrogen-bond acceptors (Lipinski definition) is 6. The molecule has 1 aromatic heterocycles. The first-order chi connectivity index (χ1) is 15.5. The van der Waals surface area contributed by atoms with E-state index in [1.165, 1.54) is 11.1 Å². The molecule has 2 heterocycles. The minimum atomic E-state index is -0.103. The molecule has 0 aliphatic carbocycles. The molecule has 2 aromatic carbocycles. The van der Waals surface area contributed by atoms with E-state index in [1.54, 1.807) is 7.11 Å². The Morgan fingerprint density at radius 2 is 1.62 bits per heavy atom. The molecule has 4 rings (SSSR count). The molecule has 0 saturated carbocycles. The molecule has 7 heteroatoms. The lowest BCUT2D eigenvalue weighted by atomic mass is 10.1. The van der Waals surface area contributed by atoms with Gasteiger partial charge in [-0.3, -0.25) is 9.69 Å². The van der Waals surface area contributed by atoms with E-state index in [9.17, 15) is 4.79 Å². The summed E-state index contributed by atoms with van der Waals surface area (Å²) in [4.78, 5) is 17.3. The molecule has 0 radical (unpaired) electrons. The van der Waals surface area contributed by atoms with Gasteiger partial charge >= 0.3 is 0 Å². The second-order valence-electron chi connectivity index (χ2n) is 8.08. The van der Waals surface area contributed by atoms with Crippen LogP contribution in [0, 0.1) is 13.8 Å². The molecule has 0 spiro atoms. The highest BCUT2D eigenvalue weighted by atomic mass is 16.5. The molecule has 1 amide bonds. The fraction of sp³-hybridized carbons (Fsp3) is 0.360. The Bertz CT molecular complexity index is 1040. The molecule has 168 valence electrons. The fourth-order valence-electron chi connectivity index (χ4n) is 3.77. The van der Waals surface area contributed by atoms with E-state index < -0.39 is 0 Å². The molecule has 1 aliphatic heterocycles. The number of aryl methyl sites for hydroxylation is 2. The summed E-state index contributed by atoms with van der Waals surface area (Å²) >= 11 is 0. The predicted octanol–water partition coefficient (Wildman–Crippen LogP) is 3.84. The molecule has 7 nitrogen and oxygen atoms in total. The maximum atomic E-state index is 13.1. The van der Waals surface area contributed by atoms with Gasteiger partial charge in [-0.25, -0.2) is 0 Å². The minimum absolute atomic E-state index is 0.103. The van der Waals surface area contributed by atoms with Crippen LogP contribution in [0.15, 0.2) is 53.1 Å². The van der Waals surface area contributed by atoms with E-state index in [-0.39, 0.29) is 12.5 Å². The van der Waals surface area contributed by atoms with Crippen LogP contribution in [-0.2, 0) is 13.2 Å². The van der Waals surface area contributed by atoms with Crippen molar-refractivity contribution in [3.05, 3.63) is 76.7 Å². The zero-order valence-electron chi connectivity index (χ0n) is 18.8. The maximum Gasteiger partial charge on any atom is 0.276 e. The van der Waals surface area contributed by atoms with E-state index >= 15 is 0 Å². The molecule has 3 aromatic rings. The number of methoxy groups -OCH3 is 1. The summed E-state index contributed by atoms with van der Waals surface area (Å²) in [6.07, 6.45) is 0. The summed E-state index contributed by atoms with van der Waals surface area (Å²) in [5, 5.41) is 4.05. The molecule has 32 heavy (non-hydrogen) atoms. The average Bonchev–Trinajstić information content (AvgIpc) is 3.19. The second-order valence-corrected chi connectivity index (χ2v) is 8.08. The molecule has 1 fully saturated rings. The lowest BCUT2D eigenvalue weighted by Gasteiger charge is -2.34. The summed E-state index contributed by atoms with van der Waals surface area (Å²) in [5.74, 6) is 2.11. The number of benzene rings is 2. The van der Waals surface area contributed by atoms with Crippen molar-refractivity contribution in [3.63, 3.8) is 0 Å². The summed E-state index contributed by atoms with van der Waals surface area (Å²) < 4.78 is 16.4. The first kappa shape index (κ1) is 21.9. The van der Waals surface area contributed by atoms with Crippen LogP contribution in [0.3, 0.4) is 0 Å². The van der Waals surface area contributed by atoms with Gasteiger partial charge < -0.3 is 18.9 Å². The quantitative estimate of drug-likeness (QED) is 0.562. The largest absolute Gasteiger partial charge is 0.497 e. The van der Waals surface area contributed by atoms with Gasteiger partial charge in [-0.1, -0.05) is 35.0 Å². The van der Waals surface area contributed by atoms with E-state index in [0.29, 0.717) is 30.1 Å². The molecular weight excluding hydrogens is 406 g/mol. The highest BCUT2D eigenvalue weighted by molar-refractivity contribution is 5.93. The number of carbonyl (C=O) groups excluding carboxylic acids is 1. The van der Waals surface area contributed by atoms with Crippen molar-refractivity contribution in [2.75, 3.05) is 33.3 Å². The highest BCUT2D eigenvalue weighted by Gasteiger charge is 2.28. The third-order valence-corrected chi connectivity index (χ3v) is 5.82. The van der Waals surface area contributed by atoms with Gasteiger partial charge in [-0.15, -0.1) is 0 Å². The predicted molar refractivity (Wildman–Crippen MR) is 121 cm³/mol. The zero-order valence-corrected chi connectivity index (χ0v) is 18.8. The Labute approximate surface area is 188 Å². The van der Waals surface area contributed by atoms with Crippen LogP contribution in [0.5, 0.6) is 11.5 Å². The van der Waals surface area contributed by atoms with Crippen LogP contribution in [0.2, 0.25) is 0 Å². The van der Waals surface area contributed by atoms with Crippen molar-refractivity contribution < 1.29 is 18.8 Å². The third-order valence-electron chi connectivity index (χ3n) is 5.82. The monoisotopic (exact) mass is 435 g/mol. The first-order valence-electron chi connectivity index (χ1n) is 10.8. The summed E-state index contributed by atoms with van der Waals surface area (Å²) in [6, 6.07) is 15.9. The van der Waals surface area contributed by atoms with Crippen molar-refractivity contribution in [3.8, 4) is 11.5 Å². The number of hydrogen-bond donors (Lipinski definition) is 0. The number of rotatable bonds is 7. The van der Waals surface area contributed by atoms with Crippen LogP contribution in [0.25, 0.3) is 0 Å². The van der Waals surface area contributed by atoms with Gasteiger partial charge in [-0.05, 0) is 43.7 Å². The van der Waals surface area contributed by atoms with Crippen LogP contribution in [-0.4, -0.2) is 54.2 Å². The maximum absolute atomic E-state index is 13.1. The molecule has 0 N–H and O–H groups in total. The van der Waals surface area contributed by atoms with Crippen molar-refractivity contribution in [2.24, 2.45) is 0 Å². The molecule has 0 unspecified atom stereocenters. The Morgan fingerprint density at radius 3 is 2.28 bits per heavy atom. The van der Waals surface area contributed by atoms with Crippen LogP contribution >= 0.6 is 0 Å². The molecule has 0 bridgehead atoms. The van der Waals surface area contributed by atoms with Gasteiger partial charge in [0.15, 0.2) is 5.69 Å². The normalized spacial score (nSPS) is 14.4. The van der Waals surface area contributed by atoms with E-state index in [2.05, 4.69) is 22.2 Å². The smallest absolute Gasteiger partial charge is 0.276 e. The second kappa shape index (κ2) is 9.87. The van der Waals surface area contributed by atoms with Crippen LogP contribution in [0.4, 0.5) is 0 Å². The van der Waals surface area contributed by atoms with Gasteiger partial charge in [0.1, 0.15) is 23.9 Å². The van der Waals surface area contributed by atoms with Gasteiger partial charge in [-0.2, -0.15) is 0 Å². The number of ether oxygens (including phenoxy) is 2. The van der Waals surface area contributed by atoms with E-state index in [4.69, 9.17) is 14.0 Å². The highest BCUT2D eigenvalue weighted by Crippen LogP contribution is 2.21. The number of piperazine rings is 1. The fourth-order valence-corrected chi connectivity index (χ4v) is 3.77. The number of carbonyl (C=O) groups is 1. The van der Waals surface area contributed by atoms with Crippen LogP contribution < -0.4 is 9.47 Å². The lowest BCUT2D eigenvalue weighted by Crippen LogP contribution is -2.48. The summed E-state index contributed by atoms with van der Waals surface area (Å²) in [7, 11) is 1.67. The van der Waals surface area contributed by atoms with Crippen molar-refractivity contribution in [1.29, 1.82) is 0 Å². The molecular formula is C25H29N3O4. The van der Waals surface area contributed by atoms with E-state index in [1.807, 2.05) is 55.1 Å². The number of aromatic nitrogens is 1. The van der Waals surface area contributed by atoms with Gasteiger partial charge in [0.25, 0.3) is 5.91 Å². The molecule has 0 atom stereocenters. The Morgan fingerprint density at radius 1 is 0.969 bits per heavy atom. The Hall–Kier alpha value is -3.32. The van der Waals surface area contributed by atoms with E-state index in [0.717, 1.165) is 31.1 Å². The number of amides is 1. The Balaban J connectivity index is 1.34. The summed E-state index contributed by atoms with van der Waals surface area (Å²) in [5.41, 5.74) is 3.45. The van der Waals surface area contributed by atoms with Gasteiger partial charge in [0.2, 0.25) is 0 Å². The summed E-state index contributed by atoms with van der Waals surface area (Å²) in [6.45, 7) is 7.86. The molecule has 1 saturated heterocycles. The molecule has 1 aliphatic rings. The van der Waals surface area contributed by atoms with Crippen molar-refractivity contribution >= 4 is 5.91 Å². The number of nitrogens with zero attached hydrogens (tertiary/aromatic N) is 3. The van der Waals surface area contributed by atoms with Crippen molar-refractivity contribution in [1.82, 2.24) is 15.0 Å². The zero-order chi connectivity index (χ0) is 22.5. The first-order valence-corrected chi connectivity index (χ1v) is 10.8. The topological polar surface area (TPSA) is 68.0 Å².